The Morgan fingerprint density at radius 3 is 2.48 bits per heavy atom. The van der Waals surface area contributed by atoms with E-state index in [9.17, 15) is 0 Å². The van der Waals surface area contributed by atoms with E-state index in [4.69, 9.17) is 21.0 Å². The van der Waals surface area contributed by atoms with Crippen LogP contribution in [0.25, 0.3) is 15.9 Å². The monoisotopic (exact) mass is 361 g/mol. The zero-order chi connectivity index (χ0) is 16.8. The van der Waals surface area contributed by atoms with E-state index in [0.717, 1.165) is 47.8 Å². The van der Waals surface area contributed by atoms with Crippen molar-refractivity contribution in [2.24, 2.45) is 4.99 Å². The Morgan fingerprint density at radius 2 is 1.60 bits per heavy atom. The molecule has 2 heterocycles. The van der Waals surface area contributed by atoms with Gasteiger partial charge in [0.25, 0.3) is 0 Å². The molecule has 0 aliphatic carbocycles. The molecule has 0 fully saturated rings. The van der Waals surface area contributed by atoms with Crippen molar-refractivity contribution in [2.45, 2.75) is 4.90 Å². The summed E-state index contributed by atoms with van der Waals surface area (Å²) in [5.41, 5.74) is 3.69. The molecule has 2 nitrogen and oxygen atoms in total. The molecule has 0 saturated heterocycles. The zero-order valence-corrected chi connectivity index (χ0v) is 14.6. The molecule has 0 N–H and O–H groups in total. The maximum Gasteiger partial charge on any atom is 0.168 e. The van der Waals surface area contributed by atoms with Crippen molar-refractivity contribution in [3.05, 3.63) is 94.2 Å². The number of nitrogens with zero attached hydrogens (tertiary/aromatic N) is 1. The molecule has 0 amide bonds. The van der Waals surface area contributed by atoms with Gasteiger partial charge in [-0.3, -0.25) is 0 Å². The third-order valence-electron chi connectivity index (χ3n) is 4.19. The molecule has 0 spiro atoms. The lowest BCUT2D eigenvalue weighted by atomic mass is 10.2. The molecule has 1 aliphatic rings. The fraction of sp³-hybridized carbons (Fsp3) is 0. The van der Waals surface area contributed by atoms with Gasteiger partial charge in [-0.05, 0) is 42.0 Å². The van der Waals surface area contributed by atoms with Gasteiger partial charge in [-0.2, -0.15) is 0 Å². The Hall–Kier alpha value is -2.49. The minimum atomic E-state index is 0.720. The van der Waals surface area contributed by atoms with Crippen LogP contribution < -0.4 is 10.8 Å². The standard InChI is InChI=1S/C21H12ClNOS/c22-14-11-9-13(10-12-14)21-20-19(15-5-1-3-7-17(15)24-20)23-16-6-2-4-8-18(16)25-21/h1-12H. The summed E-state index contributed by atoms with van der Waals surface area (Å²) in [5.74, 6) is 0. The van der Waals surface area contributed by atoms with E-state index in [1.165, 1.54) is 0 Å². The van der Waals surface area contributed by atoms with E-state index in [2.05, 4.69) is 12.1 Å². The highest BCUT2D eigenvalue weighted by molar-refractivity contribution is 8.08. The second kappa shape index (κ2) is 5.80. The lowest BCUT2D eigenvalue weighted by Crippen LogP contribution is -2.22. The molecule has 4 aromatic rings. The summed E-state index contributed by atoms with van der Waals surface area (Å²) in [4.78, 5) is 7.09. The Labute approximate surface area is 153 Å². The number of rotatable bonds is 1. The SMILES string of the molecule is Clc1ccc(C2=c3oc4ccccc4c3=Nc3ccccc3S2)cc1. The first-order valence-electron chi connectivity index (χ1n) is 7.93. The summed E-state index contributed by atoms with van der Waals surface area (Å²) in [6.07, 6.45) is 0. The van der Waals surface area contributed by atoms with Gasteiger partial charge in [0.1, 0.15) is 10.9 Å². The van der Waals surface area contributed by atoms with Crippen molar-refractivity contribution in [1.29, 1.82) is 0 Å². The van der Waals surface area contributed by atoms with E-state index in [0.29, 0.717) is 0 Å². The fourth-order valence-corrected chi connectivity index (χ4v) is 4.20. The van der Waals surface area contributed by atoms with Crippen LogP contribution in [0.4, 0.5) is 5.69 Å². The minimum Gasteiger partial charge on any atom is -0.453 e. The molecule has 0 atom stereocenters. The third-order valence-corrected chi connectivity index (χ3v) is 5.63. The van der Waals surface area contributed by atoms with Gasteiger partial charge in [0.05, 0.1) is 10.6 Å². The normalized spacial score (nSPS) is 13.1. The van der Waals surface area contributed by atoms with Crippen molar-refractivity contribution >= 4 is 44.9 Å². The molecule has 3 aromatic carbocycles. The Balaban J connectivity index is 1.93. The molecular weight excluding hydrogens is 350 g/mol. The van der Waals surface area contributed by atoms with Crippen molar-refractivity contribution in [1.82, 2.24) is 0 Å². The van der Waals surface area contributed by atoms with Gasteiger partial charge in [0, 0.05) is 15.3 Å². The topological polar surface area (TPSA) is 25.5 Å². The van der Waals surface area contributed by atoms with Crippen LogP contribution in [0.5, 0.6) is 0 Å². The zero-order valence-electron chi connectivity index (χ0n) is 13.1. The second-order valence-electron chi connectivity index (χ2n) is 5.79. The molecular formula is C21H12ClNOS. The molecule has 4 heteroatoms. The molecule has 120 valence electrons. The van der Waals surface area contributed by atoms with Crippen LogP contribution >= 0.6 is 23.4 Å². The maximum absolute atomic E-state index is 6.21. The van der Waals surface area contributed by atoms with Crippen molar-refractivity contribution in [3.8, 4) is 0 Å². The summed E-state index contributed by atoms with van der Waals surface area (Å²) in [6.45, 7) is 0. The van der Waals surface area contributed by atoms with Gasteiger partial charge in [-0.15, -0.1) is 0 Å². The minimum absolute atomic E-state index is 0.720. The van der Waals surface area contributed by atoms with Gasteiger partial charge in [0.2, 0.25) is 0 Å². The summed E-state index contributed by atoms with van der Waals surface area (Å²) < 4.78 is 6.21. The van der Waals surface area contributed by atoms with Gasteiger partial charge in [0.15, 0.2) is 5.42 Å². The van der Waals surface area contributed by atoms with Crippen molar-refractivity contribution in [2.75, 3.05) is 0 Å². The van der Waals surface area contributed by atoms with Crippen LogP contribution in [0.3, 0.4) is 0 Å². The average Bonchev–Trinajstić information content (AvgIpc) is 2.92. The molecule has 0 saturated carbocycles. The molecule has 1 aromatic heterocycles. The highest BCUT2D eigenvalue weighted by Gasteiger charge is 2.17. The van der Waals surface area contributed by atoms with Crippen molar-refractivity contribution < 1.29 is 4.42 Å². The predicted octanol–water partition coefficient (Wildman–Crippen LogP) is 5.30. The van der Waals surface area contributed by atoms with Gasteiger partial charge in [-0.1, -0.05) is 59.8 Å². The predicted molar refractivity (Wildman–Crippen MR) is 103 cm³/mol. The number of hydrogen-bond acceptors (Lipinski definition) is 3. The highest BCUT2D eigenvalue weighted by Crippen LogP contribution is 2.39. The first-order valence-corrected chi connectivity index (χ1v) is 9.12. The van der Waals surface area contributed by atoms with Crippen LogP contribution in [-0.4, -0.2) is 0 Å². The summed E-state index contributed by atoms with van der Waals surface area (Å²) >= 11 is 7.75. The molecule has 5 rings (SSSR count). The summed E-state index contributed by atoms with van der Waals surface area (Å²) in [6, 6.07) is 24.1. The molecule has 0 bridgehead atoms. The number of halogens is 1. The number of furan rings is 1. The van der Waals surface area contributed by atoms with E-state index in [1.807, 2.05) is 60.7 Å². The Bertz CT molecular complexity index is 1220. The van der Waals surface area contributed by atoms with Crippen LogP contribution in [0.2, 0.25) is 5.02 Å². The van der Waals surface area contributed by atoms with E-state index < -0.39 is 0 Å². The second-order valence-corrected chi connectivity index (χ2v) is 7.28. The first-order chi connectivity index (χ1) is 12.3. The van der Waals surface area contributed by atoms with Crippen LogP contribution in [-0.2, 0) is 0 Å². The van der Waals surface area contributed by atoms with Crippen LogP contribution in [0.15, 0.2) is 87.1 Å². The van der Waals surface area contributed by atoms with Gasteiger partial charge < -0.3 is 4.42 Å². The largest absolute Gasteiger partial charge is 0.453 e. The number of benzene rings is 3. The lowest BCUT2D eigenvalue weighted by molar-refractivity contribution is 0.572. The molecule has 1 aliphatic heterocycles. The lowest BCUT2D eigenvalue weighted by Gasteiger charge is -2.07. The Morgan fingerprint density at radius 1 is 0.840 bits per heavy atom. The number of para-hydroxylation sites is 2. The smallest absolute Gasteiger partial charge is 0.168 e. The number of fused-ring (bicyclic) bond motifs is 4. The fourth-order valence-electron chi connectivity index (χ4n) is 3.00. The first kappa shape index (κ1) is 14.8. The van der Waals surface area contributed by atoms with E-state index in [1.54, 1.807) is 11.8 Å². The van der Waals surface area contributed by atoms with Gasteiger partial charge >= 0.3 is 0 Å². The van der Waals surface area contributed by atoms with Crippen LogP contribution in [0, 0.1) is 0 Å². The molecule has 0 radical (unpaired) electrons. The Kier molecular flexibility index (Phi) is 3.44. The van der Waals surface area contributed by atoms with Crippen LogP contribution in [0.1, 0.15) is 5.56 Å². The average molecular weight is 362 g/mol. The third kappa shape index (κ3) is 2.48. The number of thioether (sulfide) groups is 1. The molecule has 0 unspecified atom stereocenters. The number of hydrogen-bond donors (Lipinski definition) is 0. The summed E-state index contributed by atoms with van der Waals surface area (Å²) in [7, 11) is 0. The molecule has 25 heavy (non-hydrogen) atoms. The highest BCUT2D eigenvalue weighted by atomic mass is 35.5. The quantitative estimate of drug-likeness (QED) is 0.459. The summed E-state index contributed by atoms with van der Waals surface area (Å²) in [5, 5.41) is 2.64. The van der Waals surface area contributed by atoms with E-state index >= 15 is 0 Å². The maximum atomic E-state index is 6.21. The van der Waals surface area contributed by atoms with E-state index in [-0.39, 0.29) is 0 Å². The van der Waals surface area contributed by atoms with Gasteiger partial charge in [-0.25, -0.2) is 4.99 Å². The van der Waals surface area contributed by atoms with Crippen molar-refractivity contribution in [3.63, 3.8) is 0 Å².